The number of rotatable bonds is 7. The maximum absolute atomic E-state index is 12.9. The predicted molar refractivity (Wildman–Crippen MR) is 93.7 cm³/mol. The zero-order valence-electron chi connectivity index (χ0n) is 13.6. The summed E-state index contributed by atoms with van der Waals surface area (Å²) in [5.74, 6) is 0.273. The summed E-state index contributed by atoms with van der Waals surface area (Å²) in [5, 5.41) is 12.9. The van der Waals surface area contributed by atoms with Gasteiger partial charge in [0, 0.05) is 18.4 Å². The molecule has 0 fully saturated rings. The molecule has 0 atom stereocenters. The average molecular weight is 374 g/mol. The van der Waals surface area contributed by atoms with Crippen molar-refractivity contribution in [3.8, 4) is 11.3 Å². The van der Waals surface area contributed by atoms with E-state index < -0.39 is 0 Å². The van der Waals surface area contributed by atoms with E-state index >= 15 is 0 Å². The molecule has 2 heterocycles. The molecule has 0 aliphatic rings. The van der Waals surface area contributed by atoms with Gasteiger partial charge in [-0.15, -0.1) is 10.2 Å². The van der Waals surface area contributed by atoms with Gasteiger partial charge in [-0.2, -0.15) is 0 Å². The smallest absolute Gasteiger partial charge is 0.226 e. The highest BCUT2D eigenvalue weighted by molar-refractivity contribution is 7.13. The Morgan fingerprint density at radius 2 is 1.85 bits per heavy atom. The molecule has 0 saturated carbocycles. The molecule has 2 amide bonds. The van der Waals surface area contributed by atoms with Crippen molar-refractivity contribution in [1.29, 1.82) is 0 Å². The molecule has 2 aromatic heterocycles. The van der Waals surface area contributed by atoms with Crippen LogP contribution in [0.15, 0.2) is 46.3 Å². The Kier molecular flexibility index (Phi) is 5.69. The van der Waals surface area contributed by atoms with Gasteiger partial charge >= 0.3 is 0 Å². The monoisotopic (exact) mass is 374 g/mol. The molecule has 3 aromatic rings. The average Bonchev–Trinajstić information content (AvgIpc) is 3.31. The summed E-state index contributed by atoms with van der Waals surface area (Å²) in [4.78, 5) is 23.5. The summed E-state index contributed by atoms with van der Waals surface area (Å²) >= 11 is 1.21. The van der Waals surface area contributed by atoms with Crippen LogP contribution in [0, 0.1) is 5.82 Å². The van der Waals surface area contributed by atoms with Gasteiger partial charge in [-0.25, -0.2) is 4.39 Å². The molecular formula is C17H15FN4O3S. The van der Waals surface area contributed by atoms with Crippen LogP contribution in [0.2, 0.25) is 0 Å². The predicted octanol–water partition coefficient (Wildman–Crippen LogP) is 2.97. The summed E-state index contributed by atoms with van der Waals surface area (Å²) in [6.07, 6.45) is 0.0978. The molecule has 26 heavy (non-hydrogen) atoms. The van der Waals surface area contributed by atoms with E-state index in [9.17, 15) is 14.0 Å². The maximum atomic E-state index is 12.9. The first kappa shape index (κ1) is 17.7. The highest BCUT2D eigenvalue weighted by Crippen LogP contribution is 2.22. The number of hydrogen-bond acceptors (Lipinski definition) is 6. The number of amides is 2. The second kappa shape index (κ2) is 8.34. The summed E-state index contributed by atoms with van der Waals surface area (Å²) in [7, 11) is 0. The van der Waals surface area contributed by atoms with Crippen LogP contribution in [-0.4, -0.2) is 22.0 Å². The maximum Gasteiger partial charge on any atom is 0.226 e. The molecule has 0 radical (unpaired) electrons. The number of carbonyl (C=O) groups excluding carboxylic acids is 2. The first-order chi connectivity index (χ1) is 12.6. The number of anilines is 1. The Bertz CT molecular complexity index is 878. The molecule has 3 rings (SSSR count). The van der Waals surface area contributed by atoms with Gasteiger partial charge in [0.2, 0.25) is 16.9 Å². The molecule has 134 valence electrons. The lowest BCUT2D eigenvalue weighted by atomic mass is 10.2. The lowest BCUT2D eigenvalue weighted by Crippen LogP contribution is -2.24. The number of nitrogens with zero attached hydrogens (tertiary/aromatic N) is 2. The molecule has 0 unspecified atom stereocenters. The van der Waals surface area contributed by atoms with E-state index in [-0.39, 0.29) is 37.0 Å². The van der Waals surface area contributed by atoms with Crippen molar-refractivity contribution in [2.24, 2.45) is 0 Å². The number of hydrogen-bond donors (Lipinski definition) is 2. The lowest BCUT2D eigenvalue weighted by molar-refractivity contribution is -0.124. The van der Waals surface area contributed by atoms with Gasteiger partial charge in [0.15, 0.2) is 0 Å². The number of aromatic nitrogens is 2. The number of benzene rings is 1. The summed E-state index contributed by atoms with van der Waals surface area (Å²) in [6.45, 7) is 0.206. The number of halogens is 1. The van der Waals surface area contributed by atoms with Crippen molar-refractivity contribution in [3.63, 3.8) is 0 Å². The summed E-state index contributed by atoms with van der Waals surface area (Å²) < 4.78 is 18.6. The SMILES string of the molecule is O=C(CCC(=O)Nc1nncs1)NCc1ccc(-c2ccc(F)cc2)o1. The molecular weight excluding hydrogens is 359 g/mol. The minimum atomic E-state index is -0.317. The quantitative estimate of drug-likeness (QED) is 0.663. The van der Waals surface area contributed by atoms with Gasteiger partial charge in [0.05, 0.1) is 6.54 Å². The Hall–Kier alpha value is -3.07. The number of carbonyl (C=O) groups is 2. The van der Waals surface area contributed by atoms with Crippen LogP contribution in [0.4, 0.5) is 9.52 Å². The third-order valence-corrected chi connectivity index (χ3v) is 4.04. The topological polar surface area (TPSA) is 97.1 Å². The van der Waals surface area contributed by atoms with E-state index in [2.05, 4.69) is 20.8 Å². The van der Waals surface area contributed by atoms with Crippen molar-refractivity contribution in [1.82, 2.24) is 15.5 Å². The number of nitrogens with one attached hydrogen (secondary N) is 2. The summed E-state index contributed by atoms with van der Waals surface area (Å²) in [6, 6.07) is 9.43. The van der Waals surface area contributed by atoms with Crippen molar-refractivity contribution in [2.45, 2.75) is 19.4 Å². The minimum Gasteiger partial charge on any atom is -0.459 e. The Morgan fingerprint density at radius 1 is 1.08 bits per heavy atom. The molecule has 0 bridgehead atoms. The zero-order chi connectivity index (χ0) is 18.4. The normalized spacial score (nSPS) is 10.5. The lowest BCUT2D eigenvalue weighted by Gasteiger charge is -2.03. The van der Waals surface area contributed by atoms with E-state index in [4.69, 9.17) is 4.42 Å². The molecule has 9 heteroatoms. The van der Waals surface area contributed by atoms with Crippen LogP contribution in [0.1, 0.15) is 18.6 Å². The van der Waals surface area contributed by atoms with Crippen LogP contribution in [-0.2, 0) is 16.1 Å². The Balaban J connectivity index is 1.43. The van der Waals surface area contributed by atoms with Gasteiger partial charge < -0.3 is 15.1 Å². The fraction of sp³-hybridized carbons (Fsp3) is 0.176. The van der Waals surface area contributed by atoms with Crippen molar-refractivity contribution < 1.29 is 18.4 Å². The second-order valence-electron chi connectivity index (χ2n) is 5.34. The van der Waals surface area contributed by atoms with E-state index in [1.807, 2.05) is 0 Å². The molecule has 0 aliphatic heterocycles. The third-order valence-electron chi connectivity index (χ3n) is 3.44. The van der Waals surface area contributed by atoms with Crippen molar-refractivity contribution in [3.05, 3.63) is 53.5 Å². The molecule has 2 N–H and O–H groups in total. The van der Waals surface area contributed by atoms with E-state index in [0.29, 0.717) is 16.7 Å². The molecule has 0 spiro atoms. The molecule has 1 aromatic carbocycles. The fourth-order valence-electron chi connectivity index (χ4n) is 2.15. The van der Waals surface area contributed by atoms with E-state index in [1.165, 1.54) is 29.0 Å². The highest BCUT2D eigenvalue weighted by atomic mass is 32.1. The highest BCUT2D eigenvalue weighted by Gasteiger charge is 2.10. The van der Waals surface area contributed by atoms with Crippen molar-refractivity contribution >= 4 is 28.3 Å². The van der Waals surface area contributed by atoms with Gasteiger partial charge in [-0.3, -0.25) is 9.59 Å². The Labute approximate surface area is 152 Å². The fourth-order valence-corrected chi connectivity index (χ4v) is 2.61. The van der Waals surface area contributed by atoms with Crippen LogP contribution < -0.4 is 10.6 Å². The zero-order valence-corrected chi connectivity index (χ0v) is 14.4. The molecule has 7 nitrogen and oxygen atoms in total. The standard InChI is InChI=1S/C17H15FN4O3S/c18-12-3-1-11(2-4-12)14-6-5-13(25-14)9-19-15(23)7-8-16(24)21-17-22-20-10-26-17/h1-6,10H,7-9H2,(H,19,23)(H,21,22,24). The van der Waals surface area contributed by atoms with Gasteiger partial charge in [0.1, 0.15) is 22.8 Å². The molecule has 0 saturated heterocycles. The number of furan rings is 1. The van der Waals surface area contributed by atoms with Crippen LogP contribution in [0.3, 0.4) is 0 Å². The van der Waals surface area contributed by atoms with Crippen LogP contribution in [0.25, 0.3) is 11.3 Å². The van der Waals surface area contributed by atoms with Crippen LogP contribution in [0.5, 0.6) is 0 Å². The minimum absolute atomic E-state index is 0.0460. The van der Waals surface area contributed by atoms with Gasteiger partial charge in [0.25, 0.3) is 0 Å². The van der Waals surface area contributed by atoms with Crippen molar-refractivity contribution in [2.75, 3.05) is 5.32 Å². The van der Waals surface area contributed by atoms with Gasteiger partial charge in [-0.05, 0) is 36.4 Å². The second-order valence-corrected chi connectivity index (χ2v) is 6.17. The van der Waals surface area contributed by atoms with E-state index in [0.717, 1.165) is 5.56 Å². The largest absolute Gasteiger partial charge is 0.459 e. The first-order valence-electron chi connectivity index (χ1n) is 7.77. The van der Waals surface area contributed by atoms with Crippen LogP contribution >= 0.6 is 11.3 Å². The molecule has 0 aliphatic carbocycles. The van der Waals surface area contributed by atoms with Gasteiger partial charge in [-0.1, -0.05) is 11.3 Å². The first-order valence-corrected chi connectivity index (χ1v) is 8.65. The third kappa shape index (κ3) is 4.96. The van der Waals surface area contributed by atoms with E-state index in [1.54, 1.807) is 24.3 Å². The Morgan fingerprint density at radius 3 is 2.58 bits per heavy atom. The summed E-state index contributed by atoms with van der Waals surface area (Å²) in [5.41, 5.74) is 2.25.